The lowest BCUT2D eigenvalue weighted by molar-refractivity contribution is -0.123. The number of primary amides is 1. The van der Waals surface area contributed by atoms with Gasteiger partial charge in [0, 0.05) is 19.6 Å². The second kappa shape index (κ2) is 9.34. The van der Waals surface area contributed by atoms with E-state index in [0.29, 0.717) is 29.4 Å². The minimum Gasteiger partial charge on any atom is -0.365 e. The first-order valence-corrected chi connectivity index (χ1v) is 9.56. The fourth-order valence-electron chi connectivity index (χ4n) is 3.43. The van der Waals surface area contributed by atoms with Crippen molar-refractivity contribution in [3.8, 4) is 0 Å². The molecule has 1 aromatic rings. The average Bonchev–Trinajstić information content (AvgIpc) is 3.30. The van der Waals surface area contributed by atoms with Gasteiger partial charge in [-0.3, -0.25) is 14.4 Å². The number of hydrogen-bond acceptors (Lipinski definition) is 5. The molecular weight excluding hydrogens is 376 g/mol. The topological polar surface area (TPSA) is 105 Å². The molecule has 0 spiro atoms. The van der Waals surface area contributed by atoms with Crippen LogP contribution in [0.1, 0.15) is 45.0 Å². The van der Waals surface area contributed by atoms with Crippen LogP contribution in [0.25, 0.3) is 0 Å². The Kier molecular flexibility index (Phi) is 7.43. The van der Waals surface area contributed by atoms with Crippen LogP contribution in [-0.2, 0) is 4.79 Å². The highest BCUT2D eigenvalue weighted by molar-refractivity contribution is 7.15. The summed E-state index contributed by atoms with van der Waals surface area (Å²) in [6, 6.07) is 3.18. The Hall–Kier alpha value is -1.64. The molecule has 9 heteroatoms. The van der Waals surface area contributed by atoms with Gasteiger partial charge in [-0.1, -0.05) is 0 Å². The van der Waals surface area contributed by atoms with Gasteiger partial charge < -0.3 is 21.3 Å². The van der Waals surface area contributed by atoms with E-state index in [1.165, 1.54) is 0 Å². The van der Waals surface area contributed by atoms with E-state index in [0.717, 1.165) is 43.6 Å². The highest BCUT2D eigenvalue weighted by atomic mass is 35.5. The van der Waals surface area contributed by atoms with Crippen LogP contribution in [0.5, 0.6) is 0 Å². The number of nitrogens with one attached hydrogen (secondary N) is 2. The second-order valence-corrected chi connectivity index (χ2v) is 7.77. The van der Waals surface area contributed by atoms with Crippen molar-refractivity contribution in [3.05, 3.63) is 21.9 Å². The third-order valence-electron chi connectivity index (χ3n) is 4.81. The van der Waals surface area contributed by atoms with Gasteiger partial charge >= 0.3 is 0 Å². The van der Waals surface area contributed by atoms with Gasteiger partial charge in [-0.15, -0.1) is 23.7 Å². The number of nitrogens with two attached hydrogens (primary N) is 1. The van der Waals surface area contributed by atoms with Gasteiger partial charge in [0.05, 0.1) is 15.8 Å². The normalized spacial score (nSPS) is 22.5. The molecule has 4 N–H and O–H groups in total. The Bertz CT molecular complexity index is 660. The molecule has 0 aliphatic carbocycles. The number of nitrogens with zero attached hydrogens (tertiary/aromatic N) is 1. The summed E-state index contributed by atoms with van der Waals surface area (Å²) in [4.78, 5) is 38.6. The molecule has 3 heterocycles. The lowest BCUT2D eigenvalue weighted by atomic mass is 9.97. The molecule has 144 valence electrons. The lowest BCUT2D eigenvalue weighted by Gasteiger charge is -2.32. The van der Waals surface area contributed by atoms with E-state index in [9.17, 15) is 14.4 Å². The molecule has 2 fully saturated rings. The van der Waals surface area contributed by atoms with Crippen LogP contribution in [0.3, 0.4) is 0 Å². The van der Waals surface area contributed by atoms with Crippen LogP contribution in [0.2, 0.25) is 0 Å². The van der Waals surface area contributed by atoms with Crippen molar-refractivity contribution in [1.29, 1.82) is 0 Å². The van der Waals surface area contributed by atoms with Crippen molar-refractivity contribution < 1.29 is 14.4 Å². The molecule has 26 heavy (non-hydrogen) atoms. The number of amides is 3. The predicted molar refractivity (Wildman–Crippen MR) is 103 cm³/mol. The van der Waals surface area contributed by atoms with Gasteiger partial charge in [0.2, 0.25) is 5.91 Å². The number of rotatable bonds is 5. The Morgan fingerprint density at radius 2 is 2.00 bits per heavy atom. The Morgan fingerprint density at radius 1 is 1.23 bits per heavy atom. The van der Waals surface area contributed by atoms with Gasteiger partial charge in [-0.25, -0.2) is 0 Å². The van der Waals surface area contributed by atoms with Crippen molar-refractivity contribution >= 4 is 41.5 Å². The van der Waals surface area contributed by atoms with E-state index >= 15 is 0 Å². The summed E-state index contributed by atoms with van der Waals surface area (Å²) in [5.41, 5.74) is 5.25. The molecule has 3 amide bonds. The zero-order chi connectivity index (χ0) is 17.8. The Balaban J connectivity index is 0.00000243. The zero-order valence-electron chi connectivity index (χ0n) is 14.5. The van der Waals surface area contributed by atoms with E-state index in [2.05, 4.69) is 10.6 Å². The predicted octanol–water partition coefficient (Wildman–Crippen LogP) is 0.989. The quantitative estimate of drug-likeness (QED) is 0.685. The van der Waals surface area contributed by atoms with Crippen LogP contribution in [0.15, 0.2) is 12.1 Å². The molecule has 2 atom stereocenters. The molecule has 3 rings (SSSR count). The summed E-state index contributed by atoms with van der Waals surface area (Å²) in [5, 5.41) is 6.21. The number of halogens is 1. The Labute approximate surface area is 163 Å². The largest absolute Gasteiger partial charge is 0.365 e. The molecule has 0 aromatic carbocycles. The molecule has 0 radical (unpaired) electrons. The van der Waals surface area contributed by atoms with E-state index in [4.69, 9.17) is 5.73 Å². The van der Waals surface area contributed by atoms with E-state index in [-0.39, 0.29) is 36.2 Å². The maximum Gasteiger partial charge on any atom is 0.263 e. The number of thiophene rings is 1. The maximum atomic E-state index is 12.6. The summed E-state index contributed by atoms with van der Waals surface area (Å²) in [5.74, 6) is -0.251. The molecule has 1 aromatic heterocycles. The first-order valence-electron chi connectivity index (χ1n) is 8.74. The SMILES string of the molecule is Cl.NC(=O)c1ccc(C(=O)N2CCCC(CNC(=O)C3CCCN3)C2)s1. The standard InChI is InChI=1S/C17H24N4O3S.ClH/c18-15(22)13-5-6-14(25-13)17(24)21-8-2-3-11(10-21)9-20-16(23)12-4-1-7-19-12;/h5-6,11-12,19H,1-4,7-10H2,(H2,18,22)(H,20,23);1H. The number of carbonyl (C=O) groups is 3. The number of hydrogen-bond donors (Lipinski definition) is 3. The number of piperidine rings is 1. The third-order valence-corrected chi connectivity index (χ3v) is 5.90. The van der Waals surface area contributed by atoms with E-state index in [1.807, 2.05) is 4.90 Å². The van der Waals surface area contributed by atoms with Crippen molar-refractivity contribution in [2.24, 2.45) is 11.7 Å². The highest BCUT2D eigenvalue weighted by Crippen LogP contribution is 2.22. The number of likely N-dealkylation sites (tertiary alicyclic amines) is 1. The summed E-state index contributed by atoms with van der Waals surface area (Å²) in [6.45, 7) is 2.83. The first kappa shape index (κ1) is 20.7. The molecule has 0 bridgehead atoms. The summed E-state index contributed by atoms with van der Waals surface area (Å²) >= 11 is 1.14. The number of carbonyl (C=O) groups excluding carboxylic acids is 3. The molecule has 7 nitrogen and oxygen atoms in total. The van der Waals surface area contributed by atoms with Crippen molar-refractivity contribution in [2.45, 2.75) is 31.7 Å². The zero-order valence-corrected chi connectivity index (χ0v) is 16.2. The van der Waals surface area contributed by atoms with E-state index in [1.54, 1.807) is 12.1 Å². The minimum absolute atomic E-state index is 0. The van der Waals surface area contributed by atoms with Crippen LogP contribution in [0, 0.1) is 5.92 Å². The van der Waals surface area contributed by atoms with Gasteiger partial charge in [-0.05, 0) is 50.3 Å². The van der Waals surface area contributed by atoms with Crippen molar-refractivity contribution in [1.82, 2.24) is 15.5 Å². The fraction of sp³-hybridized carbons (Fsp3) is 0.588. The van der Waals surface area contributed by atoms with Crippen LogP contribution >= 0.6 is 23.7 Å². The van der Waals surface area contributed by atoms with E-state index < -0.39 is 5.91 Å². The Morgan fingerprint density at radius 3 is 2.65 bits per heavy atom. The summed E-state index contributed by atoms with van der Waals surface area (Å²) in [6.07, 6.45) is 3.85. The molecule has 2 unspecified atom stereocenters. The van der Waals surface area contributed by atoms with Crippen molar-refractivity contribution in [3.63, 3.8) is 0 Å². The fourth-order valence-corrected chi connectivity index (χ4v) is 4.26. The molecule has 0 saturated carbocycles. The monoisotopic (exact) mass is 400 g/mol. The third kappa shape index (κ3) is 4.96. The van der Waals surface area contributed by atoms with Crippen LogP contribution in [-0.4, -0.2) is 54.8 Å². The van der Waals surface area contributed by atoms with Gasteiger partial charge in [0.1, 0.15) is 0 Å². The second-order valence-electron chi connectivity index (χ2n) is 6.68. The van der Waals surface area contributed by atoms with Crippen LogP contribution in [0.4, 0.5) is 0 Å². The molecule has 2 saturated heterocycles. The lowest BCUT2D eigenvalue weighted by Crippen LogP contribution is -2.46. The summed E-state index contributed by atoms with van der Waals surface area (Å²) in [7, 11) is 0. The van der Waals surface area contributed by atoms with Crippen LogP contribution < -0.4 is 16.4 Å². The molecule has 2 aliphatic rings. The van der Waals surface area contributed by atoms with Gasteiger partial charge in [0.15, 0.2) is 0 Å². The van der Waals surface area contributed by atoms with Gasteiger partial charge in [0.25, 0.3) is 11.8 Å². The average molecular weight is 401 g/mol. The maximum absolute atomic E-state index is 12.6. The van der Waals surface area contributed by atoms with Crippen molar-refractivity contribution in [2.75, 3.05) is 26.2 Å². The van der Waals surface area contributed by atoms with Gasteiger partial charge in [-0.2, -0.15) is 0 Å². The summed E-state index contributed by atoms with van der Waals surface area (Å²) < 4.78 is 0. The molecular formula is C17H25ClN4O3S. The molecule has 2 aliphatic heterocycles. The minimum atomic E-state index is -0.510. The first-order chi connectivity index (χ1) is 12.0. The highest BCUT2D eigenvalue weighted by Gasteiger charge is 2.27. The smallest absolute Gasteiger partial charge is 0.263 e.